The van der Waals surface area contributed by atoms with Gasteiger partial charge in [0.1, 0.15) is 13.2 Å². The first-order valence-corrected chi connectivity index (χ1v) is 11.2. The molecule has 0 N–H and O–H groups in total. The van der Waals surface area contributed by atoms with Crippen LogP contribution in [-0.4, -0.2) is 31.4 Å². The molecule has 1 unspecified atom stereocenters. The van der Waals surface area contributed by atoms with Crippen molar-refractivity contribution in [3.05, 3.63) is 0 Å². The quantitative estimate of drug-likeness (QED) is 0.204. The summed E-state index contributed by atoms with van der Waals surface area (Å²) in [5, 5.41) is 0. The molecule has 0 aromatic rings. The Hall–Kier alpha value is -1.26. The summed E-state index contributed by atoms with van der Waals surface area (Å²) in [6, 6.07) is 0. The van der Waals surface area contributed by atoms with E-state index in [1.54, 1.807) is 0 Å². The van der Waals surface area contributed by atoms with Crippen LogP contribution in [0.4, 0.5) is 4.79 Å². The van der Waals surface area contributed by atoms with Gasteiger partial charge in [-0.25, -0.2) is 4.79 Å². The van der Waals surface area contributed by atoms with E-state index in [-0.39, 0.29) is 19.2 Å². The number of carbonyl (C=O) groups is 2. The minimum atomic E-state index is -0.682. The van der Waals surface area contributed by atoms with E-state index in [1.165, 1.54) is 83.5 Å². The van der Waals surface area contributed by atoms with Gasteiger partial charge in [-0.2, -0.15) is 0 Å². The maximum atomic E-state index is 11.6. The second kappa shape index (κ2) is 16.9. The van der Waals surface area contributed by atoms with Crippen LogP contribution >= 0.6 is 0 Å². The van der Waals surface area contributed by atoms with Crippen molar-refractivity contribution < 1.29 is 23.8 Å². The number of rotatable bonds is 18. The lowest BCUT2D eigenvalue weighted by molar-refractivity contribution is -0.146. The minimum absolute atomic E-state index is 0.101. The highest BCUT2D eigenvalue weighted by Gasteiger charge is 2.26. The van der Waals surface area contributed by atoms with E-state index in [9.17, 15) is 9.59 Å². The lowest BCUT2D eigenvalue weighted by atomic mass is 10.0. The summed E-state index contributed by atoms with van der Waals surface area (Å²) in [6.07, 6.45) is 19.0. The molecule has 0 amide bonds. The first-order valence-electron chi connectivity index (χ1n) is 11.2. The number of hydrogen-bond donors (Lipinski definition) is 0. The Balaban J connectivity index is 1.73. The van der Waals surface area contributed by atoms with Gasteiger partial charge in [0.05, 0.1) is 0 Å². The first kappa shape index (κ1) is 23.8. The third-order valence-corrected chi connectivity index (χ3v) is 5.06. The highest BCUT2D eigenvalue weighted by molar-refractivity contribution is 5.69. The van der Waals surface area contributed by atoms with E-state index >= 15 is 0 Å². The Morgan fingerprint density at radius 2 is 1.33 bits per heavy atom. The van der Waals surface area contributed by atoms with Crippen molar-refractivity contribution in [2.24, 2.45) is 0 Å². The molecule has 158 valence electrons. The number of carbonyl (C=O) groups excluding carboxylic acids is 2. The van der Waals surface area contributed by atoms with Crippen LogP contribution in [0.1, 0.15) is 110 Å². The predicted octanol–water partition coefficient (Wildman–Crippen LogP) is 6.33. The molecular formula is C22H40O5. The Morgan fingerprint density at radius 1 is 0.852 bits per heavy atom. The average Bonchev–Trinajstić information content (AvgIpc) is 3.08. The van der Waals surface area contributed by atoms with Crippen LogP contribution in [0.5, 0.6) is 0 Å². The van der Waals surface area contributed by atoms with Gasteiger partial charge in [0.25, 0.3) is 0 Å². The van der Waals surface area contributed by atoms with Crippen molar-refractivity contribution in [1.82, 2.24) is 0 Å². The summed E-state index contributed by atoms with van der Waals surface area (Å²) in [6.45, 7) is 2.54. The number of esters is 1. The molecule has 27 heavy (non-hydrogen) atoms. The normalized spacial score (nSPS) is 16.2. The third kappa shape index (κ3) is 14.5. The summed E-state index contributed by atoms with van der Waals surface area (Å²) in [7, 11) is 0. The summed E-state index contributed by atoms with van der Waals surface area (Å²) < 4.78 is 14.5. The van der Waals surface area contributed by atoms with Gasteiger partial charge in [0.2, 0.25) is 0 Å². The highest BCUT2D eigenvalue weighted by atomic mass is 16.8. The highest BCUT2D eigenvalue weighted by Crippen LogP contribution is 2.14. The maximum absolute atomic E-state index is 11.6. The molecule has 1 heterocycles. The largest absolute Gasteiger partial charge is 0.508 e. The summed E-state index contributed by atoms with van der Waals surface area (Å²) in [5.74, 6) is -0.215. The molecule has 0 spiro atoms. The second-order valence-corrected chi connectivity index (χ2v) is 7.68. The molecule has 1 aliphatic heterocycles. The predicted molar refractivity (Wildman–Crippen MR) is 107 cm³/mol. The van der Waals surface area contributed by atoms with E-state index in [0.29, 0.717) is 6.42 Å². The monoisotopic (exact) mass is 384 g/mol. The number of cyclic esters (lactones) is 2. The molecule has 0 aromatic carbocycles. The summed E-state index contributed by atoms with van der Waals surface area (Å²) in [4.78, 5) is 22.4. The fourth-order valence-electron chi connectivity index (χ4n) is 3.35. The van der Waals surface area contributed by atoms with Gasteiger partial charge in [-0.1, -0.05) is 96.8 Å². The molecule has 1 fully saturated rings. The fraction of sp³-hybridized carbons (Fsp3) is 0.909. The van der Waals surface area contributed by atoms with Gasteiger partial charge >= 0.3 is 12.1 Å². The lowest BCUT2D eigenvalue weighted by Crippen LogP contribution is -2.20. The Labute approximate surface area is 165 Å². The molecule has 1 aliphatic rings. The first-order chi connectivity index (χ1) is 13.2. The lowest BCUT2D eigenvalue weighted by Gasteiger charge is -2.07. The standard InChI is InChI=1S/C22H40O5/c1-2-3-4-5-6-7-8-9-10-11-12-13-14-15-16-17-21(23)25-18-20-19-26-22(24)27-20/h20H,2-19H2,1H3. The molecule has 0 aromatic heterocycles. The fourth-order valence-corrected chi connectivity index (χ4v) is 3.35. The van der Waals surface area contributed by atoms with Crippen molar-refractivity contribution >= 4 is 12.1 Å². The van der Waals surface area contributed by atoms with Gasteiger partial charge < -0.3 is 14.2 Å². The zero-order valence-electron chi connectivity index (χ0n) is 17.3. The van der Waals surface area contributed by atoms with Crippen molar-refractivity contribution in [3.63, 3.8) is 0 Å². The summed E-state index contributed by atoms with van der Waals surface area (Å²) >= 11 is 0. The van der Waals surface area contributed by atoms with Gasteiger partial charge in [0, 0.05) is 6.42 Å². The number of ether oxygens (including phenoxy) is 3. The van der Waals surface area contributed by atoms with Crippen LogP contribution in [0.3, 0.4) is 0 Å². The molecule has 1 saturated heterocycles. The molecule has 5 nitrogen and oxygen atoms in total. The van der Waals surface area contributed by atoms with Crippen LogP contribution in [0.15, 0.2) is 0 Å². The molecule has 0 radical (unpaired) electrons. The van der Waals surface area contributed by atoms with Crippen molar-refractivity contribution in [3.8, 4) is 0 Å². The smallest absolute Gasteiger partial charge is 0.462 e. The number of unbranched alkanes of at least 4 members (excludes halogenated alkanes) is 14. The van der Waals surface area contributed by atoms with Crippen molar-refractivity contribution in [1.29, 1.82) is 0 Å². The van der Waals surface area contributed by atoms with Crippen LogP contribution < -0.4 is 0 Å². The van der Waals surface area contributed by atoms with Crippen molar-refractivity contribution in [2.75, 3.05) is 13.2 Å². The topological polar surface area (TPSA) is 61.8 Å². The maximum Gasteiger partial charge on any atom is 0.508 e. The van der Waals surface area contributed by atoms with E-state index in [0.717, 1.165) is 12.8 Å². The Kier molecular flexibility index (Phi) is 14.9. The van der Waals surface area contributed by atoms with E-state index < -0.39 is 12.3 Å². The molecule has 1 atom stereocenters. The SMILES string of the molecule is CCCCCCCCCCCCCCCCCC(=O)OCC1COC(=O)O1. The Bertz CT molecular complexity index is 383. The zero-order valence-corrected chi connectivity index (χ0v) is 17.3. The van der Waals surface area contributed by atoms with Crippen LogP contribution in [0, 0.1) is 0 Å². The minimum Gasteiger partial charge on any atom is -0.462 e. The molecule has 0 aliphatic carbocycles. The van der Waals surface area contributed by atoms with Crippen molar-refractivity contribution in [2.45, 2.75) is 116 Å². The van der Waals surface area contributed by atoms with Gasteiger partial charge in [-0.3, -0.25) is 4.79 Å². The van der Waals surface area contributed by atoms with E-state index in [4.69, 9.17) is 9.47 Å². The average molecular weight is 385 g/mol. The second-order valence-electron chi connectivity index (χ2n) is 7.68. The zero-order chi connectivity index (χ0) is 19.6. The van der Waals surface area contributed by atoms with E-state index in [1.807, 2.05) is 0 Å². The summed E-state index contributed by atoms with van der Waals surface area (Å²) in [5.41, 5.74) is 0. The third-order valence-electron chi connectivity index (χ3n) is 5.06. The number of hydrogen-bond acceptors (Lipinski definition) is 5. The van der Waals surface area contributed by atoms with Crippen LogP contribution in [0.25, 0.3) is 0 Å². The van der Waals surface area contributed by atoms with Gasteiger partial charge in [-0.15, -0.1) is 0 Å². The Morgan fingerprint density at radius 3 is 1.78 bits per heavy atom. The molecule has 1 rings (SSSR count). The van der Waals surface area contributed by atoms with Gasteiger partial charge in [-0.05, 0) is 6.42 Å². The van der Waals surface area contributed by atoms with Crippen LogP contribution in [0.2, 0.25) is 0 Å². The molecule has 0 saturated carbocycles. The molecular weight excluding hydrogens is 344 g/mol. The van der Waals surface area contributed by atoms with Crippen LogP contribution in [-0.2, 0) is 19.0 Å². The molecule has 5 heteroatoms. The van der Waals surface area contributed by atoms with E-state index in [2.05, 4.69) is 11.7 Å². The molecule has 0 bridgehead atoms. The van der Waals surface area contributed by atoms with Gasteiger partial charge in [0.15, 0.2) is 6.10 Å².